The maximum absolute atomic E-state index is 13.7. The van der Waals surface area contributed by atoms with E-state index in [1.54, 1.807) is 12.3 Å². The average Bonchev–Trinajstić information content (AvgIpc) is 2.88. The van der Waals surface area contributed by atoms with E-state index in [0.29, 0.717) is 5.56 Å². The maximum atomic E-state index is 13.7. The Kier molecular flexibility index (Phi) is 4.12. The van der Waals surface area contributed by atoms with Gasteiger partial charge in [-0.3, -0.25) is 4.68 Å². The third-order valence-electron chi connectivity index (χ3n) is 2.52. The fourth-order valence-electron chi connectivity index (χ4n) is 1.69. The van der Waals surface area contributed by atoms with Gasteiger partial charge in [-0.2, -0.15) is 23.5 Å². The molecule has 0 N–H and O–H groups in total. The largest absolute Gasteiger partial charge is 0.483 e. The highest BCUT2D eigenvalue weighted by Crippen LogP contribution is 2.26. The SMILES string of the molecule is N#Cc1c(F)cc(Cn2cccn2)cc1OCC(F)(F)F. The average molecular weight is 299 g/mol. The molecule has 2 aromatic rings. The van der Waals surface area contributed by atoms with Crippen LogP contribution in [0.3, 0.4) is 0 Å². The molecule has 0 spiro atoms. The highest BCUT2D eigenvalue weighted by Gasteiger charge is 2.29. The minimum Gasteiger partial charge on any atom is -0.483 e. The number of ether oxygens (including phenoxy) is 1. The van der Waals surface area contributed by atoms with Crippen molar-refractivity contribution in [1.29, 1.82) is 5.26 Å². The summed E-state index contributed by atoms with van der Waals surface area (Å²) in [6.07, 6.45) is -1.44. The van der Waals surface area contributed by atoms with Gasteiger partial charge < -0.3 is 4.74 Å². The molecule has 0 aliphatic carbocycles. The Balaban J connectivity index is 2.28. The van der Waals surface area contributed by atoms with Crippen LogP contribution in [0.4, 0.5) is 17.6 Å². The van der Waals surface area contributed by atoms with Crippen LogP contribution in [0.5, 0.6) is 5.75 Å². The molecular weight excluding hydrogens is 290 g/mol. The highest BCUT2D eigenvalue weighted by atomic mass is 19.4. The van der Waals surface area contributed by atoms with Crippen molar-refractivity contribution in [3.05, 3.63) is 47.5 Å². The second-order valence-electron chi connectivity index (χ2n) is 4.17. The molecule has 4 nitrogen and oxygen atoms in total. The van der Waals surface area contributed by atoms with Gasteiger partial charge in [0, 0.05) is 12.4 Å². The number of aromatic nitrogens is 2. The predicted molar refractivity (Wildman–Crippen MR) is 64.0 cm³/mol. The molecular formula is C13H9F4N3O. The lowest BCUT2D eigenvalue weighted by Gasteiger charge is -2.12. The fourth-order valence-corrected chi connectivity index (χ4v) is 1.69. The minimum atomic E-state index is -4.57. The van der Waals surface area contributed by atoms with Gasteiger partial charge in [0.25, 0.3) is 0 Å². The van der Waals surface area contributed by atoms with Crippen molar-refractivity contribution >= 4 is 0 Å². The van der Waals surface area contributed by atoms with Crippen LogP contribution in [-0.2, 0) is 6.54 Å². The molecule has 21 heavy (non-hydrogen) atoms. The normalized spacial score (nSPS) is 11.2. The van der Waals surface area contributed by atoms with Crippen molar-refractivity contribution in [2.24, 2.45) is 0 Å². The molecule has 0 saturated carbocycles. The van der Waals surface area contributed by atoms with E-state index in [9.17, 15) is 17.6 Å². The number of nitrogens with zero attached hydrogens (tertiary/aromatic N) is 3. The van der Waals surface area contributed by atoms with Gasteiger partial charge in [-0.15, -0.1) is 0 Å². The lowest BCUT2D eigenvalue weighted by Crippen LogP contribution is -2.20. The number of alkyl halides is 3. The first-order valence-electron chi connectivity index (χ1n) is 5.78. The second-order valence-corrected chi connectivity index (χ2v) is 4.17. The Bertz CT molecular complexity index is 659. The summed E-state index contributed by atoms with van der Waals surface area (Å²) < 4.78 is 56.2. The Labute approximate surface area is 117 Å². The lowest BCUT2D eigenvalue weighted by molar-refractivity contribution is -0.153. The van der Waals surface area contributed by atoms with Crippen molar-refractivity contribution in [3.63, 3.8) is 0 Å². The van der Waals surface area contributed by atoms with E-state index in [-0.39, 0.29) is 6.54 Å². The zero-order chi connectivity index (χ0) is 15.5. The summed E-state index contributed by atoms with van der Waals surface area (Å²) >= 11 is 0. The quantitative estimate of drug-likeness (QED) is 0.816. The van der Waals surface area contributed by atoms with Crippen LogP contribution in [0.1, 0.15) is 11.1 Å². The molecule has 0 aliphatic rings. The lowest BCUT2D eigenvalue weighted by atomic mass is 10.1. The van der Waals surface area contributed by atoms with Crippen molar-refractivity contribution in [2.45, 2.75) is 12.7 Å². The summed E-state index contributed by atoms with van der Waals surface area (Å²) in [5.41, 5.74) is -0.212. The van der Waals surface area contributed by atoms with Crippen LogP contribution in [-0.4, -0.2) is 22.6 Å². The topological polar surface area (TPSA) is 50.8 Å². The number of benzene rings is 1. The molecule has 0 atom stereocenters. The summed E-state index contributed by atoms with van der Waals surface area (Å²) in [5.74, 6) is -1.36. The van der Waals surface area contributed by atoms with Crippen LogP contribution in [0.25, 0.3) is 0 Å². The monoisotopic (exact) mass is 299 g/mol. The zero-order valence-electron chi connectivity index (χ0n) is 10.6. The van der Waals surface area contributed by atoms with Crippen molar-refractivity contribution in [1.82, 2.24) is 9.78 Å². The molecule has 0 radical (unpaired) electrons. The Hall–Kier alpha value is -2.56. The standard InChI is InChI=1S/C13H9F4N3O/c14-11-4-9(7-20-3-1-2-19-20)5-12(10(11)6-18)21-8-13(15,16)17/h1-5H,7-8H2. The molecule has 0 saturated heterocycles. The van der Waals surface area contributed by atoms with Gasteiger partial charge in [-0.1, -0.05) is 0 Å². The number of hydrogen-bond donors (Lipinski definition) is 0. The molecule has 0 fully saturated rings. The van der Waals surface area contributed by atoms with Crippen LogP contribution in [0, 0.1) is 17.1 Å². The van der Waals surface area contributed by atoms with Gasteiger partial charge in [0.2, 0.25) is 0 Å². The number of rotatable bonds is 4. The third-order valence-corrected chi connectivity index (χ3v) is 2.52. The molecule has 2 rings (SSSR count). The fraction of sp³-hybridized carbons (Fsp3) is 0.231. The molecule has 1 heterocycles. The van der Waals surface area contributed by atoms with Crippen LogP contribution >= 0.6 is 0 Å². The number of hydrogen-bond acceptors (Lipinski definition) is 3. The van der Waals surface area contributed by atoms with Crippen molar-refractivity contribution < 1.29 is 22.3 Å². The summed E-state index contributed by atoms with van der Waals surface area (Å²) in [7, 11) is 0. The van der Waals surface area contributed by atoms with E-state index in [1.165, 1.54) is 23.0 Å². The van der Waals surface area contributed by atoms with Crippen LogP contribution in [0.15, 0.2) is 30.6 Å². The van der Waals surface area contributed by atoms with E-state index in [4.69, 9.17) is 5.26 Å². The van der Waals surface area contributed by atoms with Gasteiger partial charge in [0.05, 0.1) is 6.54 Å². The first kappa shape index (κ1) is 14.8. The maximum Gasteiger partial charge on any atom is 0.422 e. The van der Waals surface area contributed by atoms with Gasteiger partial charge in [0.1, 0.15) is 23.2 Å². The Morgan fingerprint density at radius 2 is 2.10 bits per heavy atom. The highest BCUT2D eigenvalue weighted by molar-refractivity contribution is 5.46. The molecule has 1 aromatic carbocycles. The molecule has 0 bridgehead atoms. The second kappa shape index (κ2) is 5.83. The summed E-state index contributed by atoms with van der Waals surface area (Å²) in [5, 5.41) is 12.7. The van der Waals surface area contributed by atoms with Crippen molar-refractivity contribution in [3.8, 4) is 11.8 Å². The smallest absolute Gasteiger partial charge is 0.422 e. The van der Waals surface area contributed by atoms with E-state index in [2.05, 4.69) is 9.84 Å². The van der Waals surface area contributed by atoms with Crippen LogP contribution < -0.4 is 4.74 Å². The van der Waals surface area contributed by atoms with Crippen molar-refractivity contribution in [2.75, 3.05) is 6.61 Å². The Morgan fingerprint density at radius 3 is 2.67 bits per heavy atom. The van der Waals surface area contributed by atoms with E-state index >= 15 is 0 Å². The first-order valence-corrected chi connectivity index (χ1v) is 5.78. The summed E-state index contributed by atoms with van der Waals surface area (Å²) in [6, 6.07) is 5.42. The van der Waals surface area contributed by atoms with E-state index in [1.807, 2.05) is 0 Å². The van der Waals surface area contributed by atoms with Gasteiger partial charge in [-0.05, 0) is 23.8 Å². The molecule has 0 aliphatic heterocycles. The van der Waals surface area contributed by atoms with Crippen LogP contribution in [0.2, 0.25) is 0 Å². The third kappa shape index (κ3) is 3.95. The summed E-state index contributed by atoms with van der Waals surface area (Å²) in [6.45, 7) is -1.44. The zero-order valence-corrected chi connectivity index (χ0v) is 10.6. The molecule has 0 amide bonds. The van der Waals surface area contributed by atoms with Gasteiger partial charge in [-0.25, -0.2) is 4.39 Å². The molecule has 1 aromatic heterocycles. The first-order chi connectivity index (χ1) is 9.89. The number of nitriles is 1. The van der Waals surface area contributed by atoms with Gasteiger partial charge >= 0.3 is 6.18 Å². The minimum absolute atomic E-state index is 0.151. The van der Waals surface area contributed by atoms with E-state index in [0.717, 1.165) is 6.07 Å². The molecule has 110 valence electrons. The van der Waals surface area contributed by atoms with E-state index < -0.39 is 29.9 Å². The number of halogens is 4. The predicted octanol–water partition coefficient (Wildman–Crippen LogP) is 2.88. The molecule has 0 unspecified atom stereocenters. The summed E-state index contributed by atoms with van der Waals surface area (Å²) in [4.78, 5) is 0. The Morgan fingerprint density at radius 1 is 1.33 bits per heavy atom. The van der Waals surface area contributed by atoms with Gasteiger partial charge in [0.15, 0.2) is 6.61 Å². The molecule has 8 heteroatoms.